The summed E-state index contributed by atoms with van der Waals surface area (Å²) < 4.78 is 0. The van der Waals surface area contributed by atoms with Gasteiger partial charge < -0.3 is 0 Å². The maximum atomic E-state index is 4.76. The van der Waals surface area contributed by atoms with Crippen LogP contribution in [0.25, 0.3) is 22.3 Å². The fourth-order valence-corrected chi connectivity index (χ4v) is 5.34. The molecule has 0 saturated heterocycles. The zero-order valence-electron chi connectivity index (χ0n) is 20.4. The van der Waals surface area contributed by atoms with Crippen molar-refractivity contribution >= 4 is 49.7 Å². The summed E-state index contributed by atoms with van der Waals surface area (Å²) in [6.45, 7) is 0. The summed E-state index contributed by atoms with van der Waals surface area (Å²) in [5, 5.41) is 0. The van der Waals surface area contributed by atoms with Crippen LogP contribution < -0.4 is 0 Å². The van der Waals surface area contributed by atoms with Crippen molar-refractivity contribution in [2.45, 2.75) is 19.3 Å². The predicted octanol–water partition coefficient (Wildman–Crippen LogP) is 9.04. The third kappa shape index (κ3) is 5.18. The SMILES string of the molecule is C(=Nc1ccc2c(c1)Cc1ccccc1-2)C1=CCC(C=Nc2ccc3c(c2)Cc2ccccc2-3)=N1.[Cl][Fe][Cl]. The summed E-state index contributed by atoms with van der Waals surface area (Å²) in [5.41, 5.74) is 14.6. The predicted molar refractivity (Wildman–Crippen MR) is 158 cm³/mol. The van der Waals surface area contributed by atoms with Gasteiger partial charge in [0.15, 0.2) is 0 Å². The minimum absolute atomic E-state index is 0.194. The Morgan fingerprint density at radius 1 is 0.632 bits per heavy atom. The number of aliphatic imine (C=N–C) groups is 3. The van der Waals surface area contributed by atoms with Gasteiger partial charge in [-0.3, -0.25) is 15.0 Å². The normalized spacial score (nSPS) is 14.6. The second kappa shape index (κ2) is 11.2. The molecule has 0 unspecified atom stereocenters. The van der Waals surface area contributed by atoms with Crippen molar-refractivity contribution in [3.8, 4) is 22.3 Å². The molecule has 38 heavy (non-hydrogen) atoms. The first-order valence-corrected chi connectivity index (χ1v) is 15.4. The van der Waals surface area contributed by atoms with Gasteiger partial charge in [0.1, 0.15) is 0 Å². The monoisotopic (exact) mass is 575 g/mol. The van der Waals surface area contributed by atoms with Crippen LogP contribution >= 0.6 is 20.2 Å². The molecule has 188 valence electrons. The number of hydrogen-bond acceptors (Lipinski definition) is 3. The third-order valence-corrected chi connectivity index (χ3v) is 7.06. The van der Waals surface area contributed by atoms with Crippen LogP contribution in [-0.2, 0) is 26.0 Å². The van der Waals surface area contributed by atoms with E-state index in [-0.39, 0.29) is 13.1 Å². The standard InChI is InChI=1S/C32H23N3.2ClH.Fe/c1-3-7-29-21(5-1)15-23-17-25(11-13-31(23)29)33-19-27-9-10-28(35-27)20-34-26-12-14-32-24(18-26)16-22-6-2-4-8-30(22)32;;;/h1-9,11-14,17-20H,10,15-16H2;2*1H;/q;;;+2/p-2. The van der Waals surface area contributed by atoms with E-state index in [2.05, 4.69) is 91.0 Å². The topological polar surface area (TPSA) is 37.1 Å². The summed E-state index contributed by atoms with van der Waals surface area (Å²) in [5.74, 6) is 0. The third-order valence-electron chi connectivity index (χ3n) is 7.06. The molecule has 0 radical (unpaired) electrons. The van der Waals surface area contributed by atoms with Gasteiger partial charge in [-0.25, -0.2) is 0 Å². The van der Waals surface area contributed by atoms with E-state index in [4.69, 9.17) is 35.2 Å². The summed E-state index contributed by atoms with van der Waals surface area (Å²) >= 11 is 0.194. The van der Waals surface area contributed by atoms with Gasteiger partial charge in [0.25, 0.3) is 0 Å². The van der Waals surface area contributed by atoms with E-state index in [1.165, 1.54) is 44.5 Å². The zero-order chi connectivity index (χ0) is 25.9. The molecule has 4 aromatic rings. The van der Waals surface area contributed by atoms with Crippen molar-refractivity contribution < 1.29 is 13.1 Å². The molecule has 3 nitrogen and oxygen atoms in total. The van der Waals surface area contributed by atoms with Crippen LogP contribution in [0.2, 0.25) is 0 Å². The number of nitrogens with zero attached hydrogens (tertiary/aromatic N) is 3. The second-order valence-electron chi connectivity index (χ2n) is 9.35. The molecule has 0 N–H and O–H groups in total. The summed E-state index contributed by atoms with van der Waals surface area (Å²) in [4.78, 5) is 14.1. The Balaban J connectivity index is 0.000000843. The summed E-state index contributed by atoms with van der Waals surface area (Å²) in [6, 6.07) is 30.2. The second-order valence-corrected chi connectivity index (χ2v) is 11.2. The van der Waals surface area contributed by atoms with E-state index in [1.807, 2.05) is 12.4 Å². The van der Waals surface area contributed by atoms with Crippen LogP contribution in [0.15, 0.2) is 112 Å². The van der Waals surface area contributed by atoms with Crippen LogP contribution in [-0.4, -0.2) is 18.1 Å². The quantitative estimate of drug-likeness (QED) is 0.148. The van der Waals surface area contributed by atoms with Crippen molar-refractivity contribution in [1.82, 2.24) is 0 Å². The number of fused-ring (bicyclic) bond motifs is 6. The molecule has 6 heteroatoms. The molecule has 2 aliphatic carbocycles. The average Bonchev–Trinajstić information content (AvgIpc) is 3.65. The van der Waals surface area contributed by atoms with E-state index in [0.717, 1.165) is 42.0 Å². The Morgan fingerprint density at radius 2 is 1.13 bits per heavy atom. The molecule has 1 aliphatic heterocycles. The molecule has 0 atom stereocenters. The van der Waals surface area contributed by atoms with Gasteiger partial charge in [0.05, 0.1) is 29.0 Å². The minimum atomic E-state index is 0.194. The molecule has 0 spiro atoms. The van der Waals surface area contributed by atoms with E-state index in [9.17, 15) is 0 Å². The van der Waals surface area contributed by atoms with Crippen LogP contribution in [0.3, 0.4) is 0 Å². The van der Waals surface area contributed by atoms with Gasteiger partial charge in [-0.15, -0.1) is 0 Å². The van der Waals surface area contributed by atoms with Gasteiger partial charge in [-0.05, 0) is 81.6 Å². The number of halogens is 2. The molecule has 0 aromatic heterocycles. The Morgan fingerprint density at radius 3 is 1.71 bits per heavy atom. The molecule has 7 rings (SSSR count). The van der Waals surface area contributed by atoms with Crippen LogP contribution in [0.5, 0.6) is 0 Å². The van der Waals surface area contributed by atoms with Crippen LogP contribution in [0.1, 0.15) is 28.7 Å². The van der Waals surface area contributed by atoms with Crippen molar-refractivity contribution in [3.05, 3.63) is 119 Å². The number of benzene rings is 4. The van der Waals surface area contributed by atoms with Crippen molar-refractivity contribution in [2.75, 3.05) is 0 Å². The Hall–Kier alpha value is -3.27. The number of allylic oxidation sites excluding steroid dienone is 2. The molecule has 0 amide bonds. The first kappa shape index (κ1) is 25.0. The summed E-state index contributed by atoms with van der Waals surface area (Å²) in [7, 11) is 9.53. The zero-order valence-corrected chi connectivity index (χ0v) is 23.0. The fourth-order valence-electron chi connectivity index (χ4n) is 5.34. The van der Waals surface area contributed by atoms with Gasteiger partial charge in [-0.2, -0.15) is 0 Å². The maximum absolute atomic E-state index is 4.76. The average molecular weight is 576 g/mol. The van der Waals surface area contributed by atoms with Crippen molar-refractivity contribution in [3.63, 3.8) is 0 Å². The Bertz CT molecular complexity index is 1650. The molecular weight excluding hydrogens is 553 g/mol. The Kier molecular flexibility index (Phi) is 7.40. The van der Waals surface area contributed by atoms with Gasteiger partial charge in [-0.1, -0.05) is 66.7 Å². The molecule has 3 aliphatic rings. The molecule has 1 heterocycles. The molecule has 0 saturated carbocycles. The van der Waals surface area contributed by atoms with Crippen molar-refractivity contribution in [2.24, 2.45) is 15.0 Å². The first-order valence-electron chi connectivity index (χ1n) is 12.4. The molecule has 0 bridgehead atoms. The molecular formula is C32H23Cl2FeN3. The van der Waals surface area contributed by atoms with Gasteiger partial charge >= 0.3 is 33.3 Å². The van der Waals surface area contributed by atoms with E-state index < -0.39 is 0 Å². The van der Waals surface area contributed by atoms with Crippen molar-refractivity contribution in [1.29, 1.82) is 0 Å². The van der Waals surface area contributed by atoms with Gasteiger partial charge in [0, 0.05) is 12.6 Å². The van der Waals surface area contributed by atoms with E-state index >= 15 is 0 Å². The molecule has 0 fully saturated rings. The fraction of sp³-hybridized carbons (Fsp3) is 0.0938. The Labute approximate surface area is 237 Å². The van der Waals surface area contributed by atoms with Crippen LogP contribution in [0.4, 0.5) is 11.4 Å². The van der Waals surface area contributed by atoms with Crippen LogP contribution in [0, 0.1) is 0 Å². The number of hydrogen-bond donors (Lipinski definition) is 0. The van der Waals surface area contributed by atoms with Gasteiger partial charge in [0.2, 0.25) is 0 Å². The van der Waals surface area contributed by atoms with E-state index in [1.54, 1.807) is 0 Å². The van der Waals surface area contributed by atoms with E-state index in [0.29, 0.717) is 0 Å². The first-order chi connectivity index (χ1) is 18.7. The molecule has 4 aromatic carbocycles. The summed E-state index contributed by atoms with van der Waals surface area (Å²) in [6.07, 6.45) is 8.58. The number of rotatable bonds is 4.